The normalized spacial score (nSPS) is 14.2. The van der Waals surface area contributed by atoms with Gasteiger partial charge in [0.1, 0.15) is 4.88 Å². The van der Waals surface area contributed by atoms with Crippen molar-refractivity contribution in [1.82, 2.24) is 19.4 Å². The van der Waals surface area contributed by atoms with Crippen molar-refractivity contribution in [3.8, 4) is 0 Å². The van der Waals surface area contributed by atoms with Crippen LogP contribution in [-0.2, 0) is 11.2 Å². The van der Waals surface area contributed by atoms with Gasteiger partial charge in [-0.05, 0) is 29.1 Å². The Morgan fingerprint density at radius 3 is 1.97 bits per heavy atom. The van der Waals surface area contributed by atoms with E-state index in [4.69, 9.17) is 0 Å². The van der Waals surface area contributed by atoms with Crippen LogP contribution in [0.25, 0.3) is 0 Å². The Labute approximate surface area is 180 Å². The molecule has 0 unspecified atom stereocenters. The number of rotatable bonds is 5. The molecule has 2 aromatic carbocycles. The highest BCUT2D eigenvalue weighted by molar-refractivity contribution is 7.08. The summed E-state index contributed by atoms with van der Waals surface area (Å²) in [6.45, 7) is 4.05. The smallest absolute Gasteiger partial charge is 0.267 e. The Kier molecular flexibility index (Phi) is 6.18. The number of hydrogen-bond acceptors (Lipinski definition) is 5. The Morgan fingerprint density at radius 2 is 1.43 bits per heavy atom. The summed E-state index contributed by atoms with van der Waals surface area (Å²) in [7, 11) is 0. The van der Waals surface area contributed by atoms with Gasteiger partial charge in [-0.15, -0.1) is 5.10 Å². The Hall–Kier alpha value is -3.06. The lowest BCUT2D eigenvalue weighted by atomic mass is 9.90. The van der Waals surface area contributed by atoms with Gasteiger partial charge in [0.2, 0.25) is 5.91 Å². The number of aryl methyl sites for hydroxylation is 1. The van der Waals surface area contributed by atoms with Crippen LogP contribution in [0.15, 0.2) is 60.7 Å². The average Bonchev–Trinajstić information content (AvgIpc) is 3.29. The minimum atomic E-state index is -0.341. The van der Waals surface area contributed by atoms with Gasteiger partial charge in [0.15, 0.2) is 0 Å². The first-order valence-electron chi connectivity index (χ1n) is 10.2. The van der Waals surface area contributed by atoms with E-state index in [1.54, 1.807) is 4.90 Å². The number of nitrogens with zero attached hydrogens (tertiary/aromatic N) is 4. The van der Waals surface area contributed by atoms with Crippen LogP contribution in [0.2, 0.25) is 0 Å². The van der Waals surface area contributed by atoms with Gasteiger partial charge in [0, 0.05) is 26.2 Å². The van der Waals surface area contributed by atoms with E-state index in [1.165, 1.54) is 0 Å². The fourth-order valence-electron chi connectivity index (χ4n) is 3.83. The van der Waals surface area contributed by atoms with Gasteiger partial charge in [0.05, 0.1) is 11.6 Å². The third-order valence-corrected chi connectivity index (χ3v) is 6.23. The summed E-state index contributed by atoms with van der Waals surface area (Å²) in [4.78, 5) is 30.6. The molecule has 1 aliphatic heterocycles. The van der Waals surface area contributed by atoms with E-state index in [2.05, 4.69) is 9.59 Å². The SMILES string of the molecule is CCc1nnsc1C(=O)N1CCN(C(=O)C(c2ccccc2)c2ccccc2)CC1. The van der Waals surface area contributed by atoms with E-state index < -0.39 is 0 Å². The van der Waals surface area contributed by atoms with Crippen molar-refractivity contribution in [1.29, 1.82) is 0 Å². The van der Waals surface area contributed by atoms with Gasteiger partial charge >= 0.3 is 0 Å². The first kappa shape index (κ1) is 20.2. The first-order chi connectivity index (χ1) is 14.7. The van der Waals surface area contributed by atoms with Crippen LogP contribution in [0.1, 0.15) is 39.3 Å². The van der Waals surface area contributed by atoms with Crippen molar-refractivity contribution in [2.24, 2.45) is 0 Å². The molecule has 154 valence electrons. The fraction of sp³-hybridized carbons (Fsp3) is 0.304. The zero-order valence-corrected chi connectivity index (χ0v) is 17.7. The van der Waals surface area contributed by atoms with Crippen molar-refractivity contribution in [2.75, 3.05) is 26.2 Å². The molecular weight excluding hydrogens is 396 g/mol. The number of hydrogen-bond donors (Lipinski definition) is 0. The second-order valence-electron chi connectivity index (χ2n) is 7.27. The molecule has 3 aromatic rings. The molecule has 2 amide bonds. The molecule has 0 saturated carbocycles. The third-order valence-electron chi connectivity index (χ3n) is 5.48. The van der Waals surface area contributed by atoms with Crippen molar-refractivity contribution in [2.45, 2.75) is 19.3 Å². The Balaban J connectivity index is 1.49. The quantitative estimate of drug-likeness (QED) is 0.636. The molecule has 2 heterocycles. The van der Waals surface area contributed by atoms with Crippen molar-refractivity contribution < 1.29 is 9.59 Å². The molecule has 1 fully saturated rings. The maximum Gasteiger partial charge on any atom is 0.267 e. The molecule has 0 atom stereocenters. The van der Waals surface area contributed by atoms with Gasteiger partial charge in [-0.3, -0.25) is 9.59 Å². The van der Waals surface area contributed by atoms with Gasteiger partial charge in [0.25, 0.3) is 5.91 Å². The molecule has 1 aromatic heterocycles. The lowest BCUT2D eigenvalue weighted by Gasteiger charge is -2.36. The fourth-order valence-corrected chi connectivity index (χ4v) is 4.55. The zero-order valence-electron chi connectivity index (χ0n) is 16.9. The Bertz CT molecular complexity index is 959. The minimum Gasteiger partial charge on any atom is -0.338 e. The Morgan fingerprint density at radius 1 is 0.900 bits per heavy atom. The van der Waals surface area contributed by atoms with Crippen LogP contribution in [0, 0.1) is 0 Å². The second kappa shape index (κ2) is 9.17. The van der Waals surface area contributed by atoms with Crippen LogP contribution in [0.3, 0.4) is 0 Å². The summed E-state index contributed by atoms with van der Waals surface area (Å²) < 4.78 is 3.92. The number of carbonyl (C=O) groups is 2. The van der Waals surface area contributed by atoms with E-state index in [-0.39, 0.29) is 17.7 Å². The largest absolute Gasteiger partial charge is 0.338 e. The van der Waals surface area contributed by atoms with Crippen LogP contribution < -0.4 is 0 Å². The van der Waals surface area contributed by atoms with Gasteiger partial charge in [-0.2, -0.15) is 0 Å². The van der Waals surface area contributed by atoms with E-state index in [0.717, 1.165) is 28.4 Å². The number of piperazine rings is 1. The highest BCUT2D eigenvalue weighted by Gasteiger charge is 2.32. The third kappa shape index (κ3) is 4.11. The number of amides is 2. The van der Waals surface area contributed by atoms with Gasteiger partial charge in [-0.25, -0.2) is 0 Å². The lowest BCUT2D eigenvalue weighted by molar-refractivity contribution is -0.133. The highest BCUT2D eigenvalue weighted by atomic mass is 32.1. The van der Waals surface area contributed by atoms with Crippen molar-refractivity contribution in [3.05, 3.63) is 82.4 Å². The molecule has 0 spiro atoms. The highest BCUT2D eigenvalue weighted by Crippen LogP contribution is 2.27. The number of benzene rings is 2. The molecule has 7 heteroatoms. The predicted molar refractivity (Wildman–Crippen MR) is 116 cm³/mol. The summed E-state index contributed by atoms with van der Waals surface area (Å²) in [6.07, 6.45) is 0.686. The second-order valence-corrected chi connectivity index (χ2v) is 8.03. The van der Waals surface area contributed by atoms with Crippen molar-refractivity contribution in [3.63, 3.8) is 0 Å². The first-order valence-corrected chi connectivity index (χ1v) is 11.0. The predicted octanol–water partition coefficient (Wildman–Crippen LogP) is 3.22. The zero-order chi connectivity index (χ0) is 20.9. The topological polar surface area (TPSA) is 66.4 Å². The van der Waals surface area contributed by atoms with E-state index in [0.29, 0.717) is 37.5 Å². The molecule has 1 aliphatic rings. The molecular formula is C23H24N4O2S. The van der Waals surface area contributed by atoms with Crippen LogP contribution in [-0.4, -0.2) is 57.4 Å². The maximum atomic E-state index is 13.5. The maximum absolute atomic E-state index is 13.5. The molecule has 1 saturated heterocycles. The van der Waals surface area contributed by atoms with E-state index in [9.17, 15) is 9.59 Å². The van der Waals surface area contributed by atoms with E-state index in [1.807, 2.05) is 72.5 Å². The number of aromatic nitrogens is 2. The minimum absolute atomic E-state index is 0.0309. The molecule has 0 N–H and O–H groups in total. The van der Waals surface area contributed by atoms with E-state index >= 15 is 0 Å². The van der Waals surface area contributed by atoms with Crippen molar-refractivity contribution >= 4 is 23.3 Å². The van der Waals surface area contributed by atoms with Crippen LogP contribution in [0.5, 0.6) is 0 Å². The summed E-state index contributed by atoms with van der Waals surface area (Å²) in [5.41, 5.74) is 2.71. The standard InChI is InChI=1S/C23H24N4O2S/c1-2-19-21(30-25-24-19)23(29)27-15-13-26(14-16-27)22(28)20(17-9-5-3-6-10-17)18-11-7-4-8-12-18/h3-12,20H,2,13-16H2,1H3. The van der Waals surface area contributed by atoms with Gasteiger partial charge in [-0.1, -0.05) is 72.1 Å². The monoisotopic (exact) mass is 420 g/mol. The van der Waals surface area contributed by atoms with Crippen LogP contribution in [0.4, 0.5) is 0 Å². The molecule has 4 rings (SSSR count). The molecule has 0 aliphatic carbocycles. The average molecular weight is 421 g/mol. The van der Waals surface area contributed by atoms with Gasteiger partial charge < -0.3 is 9.80 Å². The summed E-state index contributed by atoms with van der Waals surface area (Å²) in [5, 5.41) is 4.04. The summed E-state index contributed by atoms with van der Waals surface area (Å²) >= 11 is 1.15. The summed E-state index contributed by atoms with van der Waals surface area (Å²) in [5.74, 6) is -0.295. The summed E-state index contributed by atoms with van der Waals surface area (Å²) in [6, 6.07) is 19.8. The molecule has 30 heavy (non-hydrogen) atoms. The molecule has 0 bridgehead atoms. The number of carbonyl (C=O) groups excluding carboxylic acids is 2. The lowest BCUT2D eigenvalue weighted by Crippen LogP contribution is -2.51. The molecule has 6 nitrogen and oxygen atoms in total. The molecule has 0 radical (unpaired) electrons. The van der Waals surface area contributed by atoms with Crippen LogP contribution >= 0.6 is 11.5 Å².